The van der Waals surface area contributed by atoms with Gasteiger partial charge in [0.15, 0.2) is 12.2 Å². The normalized spacial score (nSPS) is 15.0. The summed E-state index contributed by atoms with van der Waals surface area (Å²) < 4.78 is 5.27. The quantitative estimate of drug-likeness (QED) is 0.849. The number of aromatic nitrogens is 1. The molecule has 1 aromatic heterocycles. The second-order valence-corrected chi connectivity index (χ2v) is 4.27. The van der Waals surface area contributed by atoms with Gasteiger partial charge in [0, 0.05) is 17.8 Å². The van der Waals surface area contributed by atoms with Crippen LogP contribution in [-0.4, -0.2) is 11.5 Å². The third-order valence-electron chi connectivity index (χ3n) is 2.87. The van der Waals surface area contributed by atoms with Crippen molar-refractivity contribution in [2.24, 2.45) is 5.92 Å². The minimum Gasteiger partial charge on any atom is -0.444 e. The topological polar surface area (TPSA) is 38.1 Å². The lowest BCUT2D eigenvalue weighted by Crippen LogP contribution is -2.02. The average molecular weight is 214 g/mol. The predicted octanol–water partition coefficient (Wildman–Crippen LogP) is 3.16. The van der Waals surface area contributed by atoms with E-state index in [9.17, 15) is 0 Å². The van der Waals surface area contributed by atoms with Crippen LogP contribution in [0.15, 0.2) is 41.3 Å². The van der Waals surface area contributed by atoms with Crippen molar-refractivity contribution in [1.29, 1.82) is 0 Å². The van der Waals surface area contributed by atoms with Crippen molar-refractivity contribution in [3.05, 3.63) is 36.9 Å². The van der Waals surface area contributed by atoms with Crippen LogP contribution >= 0.6 is 0 Å². The summed E-state index contributed by atoms with van der Waals surface area (Å²) in [7, 11) is 0. The molecule has 0 atom stereocenters. The van der Waals surface area contributed by atoms with Crippen molar-refractivity contribution < 1.29 is 4.42 Å². The summed E-state index contributed by atoms with van der Waals surface area (Å²) in [5.74, 6) is 1.70. The first-order valence-electron chi connectivity index (χ1n) is 5.64. The van der Waals surface area contributed by atoms with Gasteiger partial charge in [0.1, 0.15) is 0 Å². The summed E-state index contributed by atoms with van der Waals surface area (Å²) in [6.45, 7) is 1.08. The lowest BCUT2D eigenvalue weighted by atomic mass is 10.1. The number of nitrogens with zero attached hydrogens (tertiary/aromatic N) is 1. The van der Waals surface area contributed by atoms with Crippen LogP contribution in [0, 0.1) is 5.92 Å². The summed E-state index contributed by atoms with van der Waals surface area (Å²) in [6, 6.07) is 8.25. The Morgan fingerprint density at radius 2 is 2.31 bits per heavy atom. The van der Waals surface area contributed by atoms with Gasteiger partial charge < -0.3 is 9.73 Å². The molecule has 1 N–H and O–H groups in total. The smallest absolute Gasteiger partial charge is 0.181 e. The van der Waals surface area contributed by atoms with E-state index in [2.05, 4.69) is 22.4 Å². The van der Waals surface area contributed by atoms with E-state index in [1.807, 2.05) is 12.1 Å². The number of hydrogen-bond acceptors (Lipinski definition) is 3. The molecule has 1 saturated carbocycles. The van der Waals surface area contributed by atoms with Crippen molar-refractivity contribution in [2.75, 3.05) is 11.9 Å². The number of nitrogens with one attached hydrogen (secondary N) is 1. The van der Waals surface area contributed by atoms with Crippen LogP contribution in [0.4, 0.5) is 5.69 Å². The molecule has 3 rings (SSSR count). The van der Waals surface area contributed by atoms with Gasteiger partial charge in [-0.1, -0.05) is 12.1 Å². The highest BCUT2D eigenvalue weighted by molar-refractivity contribution is 5.63. The summed E-state index contributed by atoms with van der Waals surface area (Å²) in [4.78, 5) is 3.93. The molecule has 3 nitrogen and oxygen atoms in total. The van der Waals surface area contributed by atoms with E-state index >= 15 is 0 Å². The Morgan fingerprint density at radius 3 is 3.06 bits per heavy atom. The Balaban J connectivity index is 1.76. The molecular weight excluding hydrogens is 200 g/mol. The van der Waals surface area contributed by atoms with Crippen molar-refractivity contribution >= 4 is 5.69 Å². The Hall–Kier alpha value is -1.77. The average Bonchev–Trinajstić information content (AvgIpc) is 2.99. The lowest BCUT2D eigenvalue weighted by molar-refractivity contribution is 0.572. The highest BCUT2D eigenvalue weighted by atomic mass is 16.3. The Labute approximate surface area is 94.5 Å². The minimum atomic E-state index is 0.815. The van der Waals surface area contributed by atoms with E-state index in [4.69, 9.17) is 4.42 Å². The van der Waals surface area contributed by atoms with Crippen LogP contribution in [0.1, 0.15) is 12.8 Å². The van der Waals surface area contributed by atoms with Gasteiger partial charge in [-0.05, 0) is 30.9 Å². The van der Waals surface area contributed by atoms with Crippen LogP contribution < -0.4 is 5.32 Å². The number of anilines is 1. The molecule has 0 amide bonds. The molecule has 0 bridgehead atoms. The first-order chi connectivity index (χ1) is 7.92. The van der Waals surface area contributed by atoms with Crippen LogP contribution in [0.3, 0.4) is 0 Å². The van der Waals surface area contributed by atoms with Gasteiger partial charge in [-0.25, -0.2) is 4.98 Å². The fourth-order valence-corrected chi connectivity index (χ4v) is 1.72. The van der Waals surface area contributed by atoms with Crippen molar-refractivity contribution in [3.8, 4) is 11.3 Å². The second kappa shape index (κ2) is 4.00. The fraction of sp³-hybridized carbons (Fsp3) is 0.308. The maximum absolute atomic E-state index is 5.27. The van der Waals surface area contributed by atoms with Gasteiger partial charge in [0.05, 0.1) is 6.20 Å². The van der Waals surface area contributed by atoms with Crippen LogP contribution in [0.25, 0.3) is 11.3 Å². The molecule has 1 aliphatic rings. The highest BCUT2D eigenvalue weighted by Gasteiger charge is 2.20. The van der Waals surface area contributed by atoms with Crippen LogP contribution in [0.2, 0.25) is 0 Å². The highest BCUT2D eigenvalue weighted by Crippen LogP contribution is 2.29. The van der Waals surface area contributed by atoms with E-state index in [1.54, 1.807) is 6.20 Å². The predicted molar refractivity (Wildman–Crippen MR) is 63.2 cm³/mol. The molecule has 0 radical (unpaired) electrons. The van der Waals surface area contributed by atoms with Gasteiger partial charge in [-0.3, -0.25) is 0 Å². The van der Waals surface area contributed by atoms with E-state index in [1.165, 1.54) is 19.2 Å². The van der Waals surface area contributed by atoms with Crippen molar-refractivity contribution in [1.82, 2.24) is 4.98 Å². The maximum atomic E-state index is 5.27. The second-order valence-electron chi connectivity index (χ2n) is 4.27. The van der Waals surface area contributed by atoms with E-state index in [-0.39, 0.29) is 0 Å². The van der Waals surface area contributed by atoms with Gasteiger partial charge in [0.25, 0.3) is 0 Å². The van der Waals surface area contributed by atoms with Gasteiger partial charge in [-0.15, -0.1) is 0 Å². The minimum absolute atomic E-state index is 0.815. The third kappa shape index (κ3) is 2.08. The van der Waals surface area contributed by atoms with Gasteiger partial charge in [-0.2, -0.15) is 0 Å². The van der Waals surface area contributed by atoms with E-state index in [0.717, 1.165) is 29.5 Å². The Morgan fingerprint density at radius 1 is 1.38 bits per heavy atom. The molecule has 2 aromatic rings. The summed E-state index contributed by atoms with van der Waals surface area (Å²) in [6.07, 6.45) is 5.93. The molecule has 1 aromatic carbocycles. The first-order valence-corrected chi connectivity index (χ1v) is 5.64. The molecule has 0 saturated heterocycles. The number of benzene rings is 1. The fourth-order valence-electron chi connectivity index (χ4n) is 1.72. The standard InChI is InChI=1S/C13H14N2O/c1-2-11(13-8-14-9-16-13)6-12(3-1)15-7-10-4-5-10/h1-3,6,8-10,15H,4-5,7H2. The van der Waals surface area contributed by atoms with Crippen molar-refractivity contribution in [3.63, 3.8) is 0 Å². The summed E-state index contributed by atoms with van der Waals surface area (Å²) >= 11 is 0. The lowest BCUT2D eigenvalue weighted by Gasteiger charge is -2.06. The molecule has 82 valence electrons. The summed E-state index contributed by atoms with van der Waals surface area (Å²) in [5.41, 5.74) is 2.22. The van der Waals surface area contributed by atoms with E-state index < -0.39 is 0 Å². The monoisotopic (exact) mass is 214 g/mol. The molecule has 3 heteroatoms. The zero-order valence-electron chi connectivity index (χ0n) is 9.02. The molecule has 1 heterocycles. The van der Waals surface area contributed by atoms with Gasteiger partial charge >= 0.3 is 0 Å². The maximum Gasteiger partial charge on any atom is 0.181 e. The number of oxazole rings is 1. The largest absolute Gasteiger partial charge is 0.444 e. The Bertz CT molecular complexity index is 461. The molecule has 1 fully saturated rings. The summed E-state index contributed by atoms with van der Waals surface area (Å²) in [5, 5.41) is 3.45. The molecule has 0 spiro atoms. The third-order valence-corrected chi connectivity index (χ3v) is 2.87. The van der Waals surface area contributed by atoms with Crippen molar-refractivity contribution in [2.45, 2.75) is 12.8 Å². The zero-order valence-corrected chi connectivity index (χ0v) is 9.02. The first kappa shape index (κ1) is 9.46. The Kier molecular flexibility index (Phi) is 2.37. The van der Waals surface area contributed by atoms with Crippen LogP contribution in [0.5, 0.6) is 0 Å². The molecular formula is C13H14N2O. The molecule has 0 aliphatic heterocycles. The molecule has 1 aliphatic carbocycles. The molecule has 0 unspecified atom stereocenters. The number of hydrogen-bond donors (Lipinski definition) is 1. The SMILES string of the molecule is c1cc(NCC2CC2)cc(-c2cnco2)c1. The van der Waals surface area contributed by atoms with E-state index in [0.29, 0.717) is 0 Å². The molecule has 16 heavy (non-hydrogen) atoms. The zero-order chi connectivity index (χ0) is 10.8. The number of rotatable bonds is 4. The van der Waals surface area contributed by atoms with Crippen LogP contribution in [-0.2, 0) is 0 Å². The van der Waals surface area contributed by atoms with Gasteiger partial charge in [0.2, 0.25) is 0 Å².